The number of aryl methyl sites for hydroxylation is 1. The molecule has 2 atom stereocenters. The van der Waals surface area contributed by atoms with Crippen LogP contribution >= 0.6 is 0 Å². The van der Waals surface area contributed by atoms with Crippen LogP contribution in [-0.4, -0.2) is 46.7 Å². The molecule has 4 nitrogen and oxygen atoms in total. The van der Waals surface area contributed by atoms with Gasteiger partial charge in [0.05, 0.1) is 6.04 Å². The van der Waals surface area contributed by atoms with Crippen molar-refractivity contribution in [2.75, 3.05) is 13.1 Å². The lowest BCUT2D eigenvalue weighted by Crippen LogP contribution is -2.46. The molecular formula is C21H32N2O2. The highest BCUT2D eigenvalue weighted by atomic mass is 16.6. The van der Waals surface area contributed by atoms with Crippen molar-refractivity contribution in [2.45, 2.75) is 77.6 Å². The fourth-order valence-electron chi connectivity index (χ4n) is 4.12. The van der Waals surface area contributed by atoms with Gasteiger partial charge in [-0.1, -0.05) is 36.2 Å². The van der Waals surface area contributed by atoms with E-state index < -0.39 is 5.60 Å². The summed E-state index contributed by atoms with van der Waals surface area (Å²) < 4.78 is 5.65. The lowest BCUT2D eigenvalue weighted by atomic mass is 10.0. The lowest BCUT2D eigenvalue weighted by molar-refractivity contribution is 0.0186. The molecule has 0 spiro atoms. The quantitative estimate of drug-likeness (QED) is 0.799. The number of amides is 1. The van der Waals surface area contributed by atoms with Crippen LogP contribution < -0.4 is 0 Å². The van der Waals surface area contributed by atoms with Gasteiger partial charge in [-0.2, -0.15) is 0 Å². The first-order valence-electron chi connectivity index (χ1n) is 9.63. The number of hydrogen-bond acceptors (Lipinski definition) is 3. The number of fused-ring (bicyclic) bond motifs is 1. The Labute approximate surface area is 152 Å². The third-order valence-corrected chi connectivity index (χ3v) is 5.31. The zero-order valence-electron chi connectivity index (χ0n) is 16.1. The molecule has 0 bridgehead atoms. The molecule has 0 N–H and O–H groups in total. The first-order valence-corrected chi connectivity index (χ1v) is 9.63. The van der Waals surface area contributed by atoms with Crippen LogP contribution in [0.25, 0.3) is 0 Å². The van der Waals surface area contributed by atoms with Gasteiger partial charge in [-0.05, 0) is 59.1 Å². The smallest absolute Gasteiger partial charge is 0.410 e. The van der Waals surface area contributed by atoms with E-state index in [9.17, 15) is 4.79 Å². The van der Waals surface area contributed by atoms with Crippen LogP contribution in [0.1, 0.15) is 57.6 Å². The lowest BCUT2D eigenvalue weighted by Gasteiger charge is -2.34. The molecular weight excluding hydrogens is 312 g/mol. The van der Waals surface area contributed by atoms with Gasteiger partial charge in [-0.25, -0.2) is 4.79 Å². The SMILES string of the molecule is Cc1ccc(CN2CCCCC3C2CCN3C(=O)OC(C)(C)C)cc1. The fraction of sp³-hybridized carbons (Fsp3) is 0.667. The highest BCUT2D eigenvalue weighted by molar-refractivity contribution is 5.69. The normalized spacial score (nSPS) is 24.7. The number of likely N-dealkylation sites (tertiary alicyclic amines) is 2. The average Bonchev–Trinajstić information content (AvgIpc) is 2.85. The Morgan fingerprint density at radius 2 is 1.80 bits per heavy atom. The van der Waals surface area contributed by atoms with Gasteiger partial charge < -0.3 is 9.64 Å². The van der Waals surface area contributed by atoms with Crippen LogP contribution in [0.2, 0.25) is 0 Å². The Balaban J connectivity index is 1.71. The van der Waals surface area contributed by atoms with E-state index in [0.717, 1.165) is 32.5 Å². The fourth-order valence-corrected chi connectivity index (χ4v) is 4.12. The Morgan fingerprint density at radius 1 is 1.08 bits per heavy atom. The molecule has 138 valence electrons. The molecule has 25 heavy (non-hydrogen) atoms. The van der Waals surface area contributed by atoms with Gasteiger partial charge in [-0.3, -0.25) is 4.90 Å². The van der Waals surface area contributed by atoms with Crippen LogP contribution in [0.3, 0.4) is 0 Å². The summed E-state index contributed by atoms with van der Waals surface area (Å²) in [6, 6.07) is 9.59. The molecule has 0 aliphatic carbocycles. The number of rotatable bonds is 2. The van der Waals surface area contributed by atoms with Crippen molar-refractivity contribution in [3.63, 3.8) is 0 Å². The number of ether oxygens (including phenoxy) is 1. The number of hydrogen-bond donors (Lipinski definition) is 0. The topological polar surface area (TPSA) is 32.8 Å². The first-order chi connectivity index (χ1) is 11.8. The molecule has 3 rings (SSSR count). The van der Waals surface area contributed by atoms with Crippen molar-refractivity contribution in [3.8, 4) is 0 Å². The number of benzene rings is 1. The Bertz CT molecular complexity index is 591. The molecule has 0 radical (unpaired) electrons. The monoisotopic (exact) mass is 344 g/mol. The molecule has 2 heterocycles. The van der Waals surface area contributed by atoms with E-state index in [1.54, 1.807) is 0 Å². The Kier molecular flexibility index (Phi) is 5.38. The Hall–Kier alpha value is -1.55. The van der Waals surface area contributed by atoms with Crippen molar-refractivity contribution in [1.82, 2.24) is 9.80 Å². The van der Waals surface area contributed by atoms with Crippen LogP contribution in [0, 0.1) is 6.92 Å². The van der Waals surface area contributed by atoms with Gasteiger partial charge in [0.15, 0.2) is 0 Å². The second kappa shape index (κ2) is 7.36. The van der Waals surface area contributed by atoms with Crippen molar-refractivity contribution in [1.29, 1.82) is 0 Å². The molecule has 4 heteroatoms. The van der Waals surface area contributed by atoms with E-state index in [1.165, 1.54) is 24.0 Å². The summed E-state index contributed by atoms with van der Waals surface area (Å²) in [7, 11) is 0. The molecule has 2 fully saturated rings. The van der Waals surface area contributed by atoms with Gasteiger partial charge in [0.1, 0.15) is 5.60 Å². The molecule has 2 unspecified atom stereocenters. The molecule has 2 aliphatic rings. The first kappa shape index (κ1) is 18.2. The molecule has 1 amide bonds. The summed E-state index contributed by atoms with van der Waals surface area (Å²) in [5.41, 5.74) is 2.23. The predicted octanol–water partition coefficient (Wildman–Crippen LogP) is 4.36. The maximum Gasteiger partial charge on any atom is 0.410 e. The summed E-state index contributed by atoms with van der Waals surface area (Å²) >= 11 is 0. The molecule has 2 aliphatic heterocycles. The predicted molar refractivity (Wildman–Crippen MR) is 101 cm³/mol. The van der Waals surface area contributed by atoms with E-state index in [0.29, 0.717) is 12.1 Å². The third-order valence-electron chi connectivity index (χ3n) is 5.31. The molecule has 1 aromatic rings. The highest BCUT2D eigenvalue weighted by Gasteiger charge is 2.42. The third kappa shape index (κ3) is 4.55. The maximum atomic E-state index is 12.6. The van der Waals surface area contributed by atoms with Crippen LogP contribution in [0.5, 0.6) is 0 Å². The van der Waals surface area contributed by atoms with Crippen molar-refractivity contribution >= 4 is 6.09 Å². The van der Waals surface area contributed by atoms with Crippen LogP contribution in [0.4, 0.5) is 4.79 Å². The average molecular weight is 344 g/mol. The Morgan fingerprint density at radius 3 is 2.48 bits per heavy atom. The van der Waals surface area contributed by atoms with E-state index >= 15 is 0 Å². The van der Waals surface area contributed by atoms with Crippen LogP contribution in [-0.2, 0) is 11.3 Å². The van der Waals surface area contributed by atoms with Gasteiger partial charge in [0.2, 0.25) is 0 Å². The second-order valence-corrected chi connectivity index (χ2v) is 8.55. The minimum absolute atomic E-state index is 0.141. The molecule has 0 saturated carbocycles. The van der Waals surface area contributed by atoms with E-state index in [2.05, 4.69) is 36.1 Å². The summed E-state index contributed by atoms with van der Waals surface area (Å²) in [5, 5.41) is 0. The van der Waals surface area contributed by atoms with Crippen molar-refractivity contribution < 1.29 is 9.53 Å². The van der Waals surface area contributed by atoms with Gasteiger partial charge in [0.25, 0.3) is 0 Å². The van der Waals surface area contributed by atoms with E-state index in [4.69, 9.17) is 4.74 Å². The summed E-state index contributed by atoms with van der Waals surface area (Å²) in [6.07, 6.45) is 4.40. The van der Waals surface area contributed by atoms with Crippen molar-refractivity contribution in [3.05, 3.63) is 35.4 Å². The maximum absolute atomic E-state index is 12.6. The molecule has 0 aromatic heterocycles. The summed E-state index contributed by atoms with van der Waals surface area (Å²) in [4.78, 5) is 17.2. The van der Waals surface area contributed by atoms with Gasteiger partial charge in [-0.15, -0.1) is 0 Å². The molecule has 2 saturated heterocycles. The summed E-state index contributed by atoms with van der Waals surface area (Å²) in [5.74, 6) is 0. The zero-order valence-corrected chi connectivity index (χ0v) is 16.1. The van der Waals surface area contributed by atoms with Crippen molar-refractivity contribution in [2.24, 2.45) is 0 Å². The molecule has 1 aromatic carbocycles. The van der Waals surface area contributed by atoms with Gasteiger partial charge >= 0.3 is 6.09 Å². The summed E-state index contributed by atoms with van der Waals surface area (Å²) in [6.45, 7) is 10.9. The van der Waals surface area contributed by atoms with E-state index in [-0.39, 0.29) is 6.09 Å². The van der Waals surface area contributed by atoms with Crippen LogP contribution in [0.15, 0.2) is 24.3 Å². The minimum atomic E-state index is -0.429. The number of carbonyl (C=O) groups is 1. The number of nitrogens with zero attached hydrogens (tertiary/aromatic N) is 2. The van der Waals surface area contributed by atoms with Gasteiger partial charge in [0, 0.05) is 19.1 Å². The second-order valence-electron chi connectivity index (χ2n) is 8.55. The standard InChI is InChI=1S/C21H32N2O2/c1-16-8-10-17(11-9-16)15-22-13-6-5-7-19-18(22)12-14-23(19)20(24)25-21(2,3)4/h8-11,18-19H,5-7,12-15H2,1-4H3. The van der Waals surface area contributed by atoms with E-state index in [1.807, 2.05) is 25.7 Å². The largest absolute Gasteiger partial charge is 0.444 e. The zero-order chi connectivity index (χ0) is 18.0. The minimum Gasteiger partial charge on any atom is -0.444 e. The number of carbonyl (C=O) groups excluding carboxylic acids is 1. The highest BCUT2D eigenvalue weighted by Crippen LogP contribution is 2.32.